The number of amides is 1. The summed E-state index contributed by atoms with van der Waals surface area (Å²) in [5, 5.41) is 3.22. The van der Waals surface area contributed by atoms with Gasteiger partial charge in [-0.05, 0) is 40.7 Å². The van der Waals surface area contributed by atoms with E-state index in [1.165, 1.54) is 0 Å². The number of nitrogens with two attached hydrogens (primary N) is 1. The highest BCUT2D eigenvalue weighted by atomic mass is 32.1. The summed E-state index contributed by atoms with van der Waals surface area (Å²) in [5.74, 6) is 0.0565. The van der Waals surface area contributed by atoms with Gasteiger partial charge in [0.25, 0.3) is 0 Å². The Labute approximate surface area is 131 Å². The van der Waals surface area contributed by atoms with Crippen LogP contribution < -0.4 is 11.1 Å². The monoisotopic (exact) mass is 308 g/mol. The third-order valence-electron chi connectivity index (χ3n) is 3.39. The van der Waals surface area contributed by atoms with Crippen molar-refractivity contribution in [2.45, 2.75) is 40.7 Å². The van der Waals surface area contributed by atoms with Crippen LogP contribution in [-0.2, 0) is 4.79 Å². The number of carbonyl (C=O) groups is 1. The van der Waals surface area contributed by atoms with E-state index in [-0.39, 0.29) is 16.9 Å². The zero-order valence-electron chi connectivity index (χ0n) is 13.4. The number of carbonyl (C=O) groups excluding carboxylic acids is 1. The molecule has 5 nitrogen and oxygen atoms in total. The van der Waals surface area contributed by atoms with Gasteiger partial charge in [0.05, 0.1) is 5.56 Å². The minimum atomic E-state index is -0.348. The summed E-state index contributed by atoms with van der Waals surface area (Å²) >= 11 is 5.10. The third kappa shape index (κ3) is 4.14. The van der Waals surface area contributed by atoms with Crippen molar-refractivity contribution in [3.63, 3.8) is 0 Å². The van der Waals surface area contributed by atoms with Crippen LogP contribution >= 0.6 is 12.2 Å². The van der Waals surface area contributed by atoms with E-state index in [0.717, 1.165) is 17.1 Å². The summed E-state index contributed by atoms with van der Waals surface area (Å²) < 4.78 is 0. The van der Waals surface area contributed by atoms with Gasteiger partial charge in [-0.25, -0.2) is 0 Å². The van der Waals surface area contributed by atoms with Crippen molar-refractivity contribution in [2.75, 3.05) is 18.4 Å². The van der Waals surface area contributed by atoms with E-state index >= 15 is 0 Å². The standard InChI is InChI=1S/C15H24N4OS/c1-6-19(7-2)15(20)11(5)18-12-8-9(3)17-10(4)13(12)14(16)21/h8,11H,6-7H2,1-5H3,(H2,16,21)(H,17,18). The van der Waals surface area contributed by atoms with Gasteiger partial charge in [-0.3, -0.25) is 9.78 Å². The van der Waals surface area contributed by atoms with E-state index in [1.54, 1.807) is 4.90 Å². The minimum Gasteiger partial charge on any atom is -0.389 e. The molecular weight excluding hydrogens is 284 g/mol. The van der Waals surface area contributed by atoms with E-state index in [0.29, 0.717) is 18.7 Å². The second-order valence-corrected chi connectivity index (χ2v) is 5.45. The van der Waals surface area contributed by atoms with Crippen molar-refractivity contribution >= 4 is 28.8 Å². The molecule has 0 aliphatic carbocycles. The van der Waals surface area contributed by atoms with Crippen LogP contribution in [0.1, 0.15) is 37.7 Å². The van der Waals surface area contributed by atoms with Crippen molar-refractivity contribution < 1.29 is 4.79 Å². The summed E-state index contributed by atoms with van der Waals surface area (Å²) in [7, 11) is 0. The molecule has 1 aromatic heterocycles. The van der Waals surface area contributed by atoms with Crippen molar-refractivity contribution in [1.82, 2.24) is 9.88 Å². The first kappa shape index (κ1) is 17.4. The molecule has 1 rings (SSSR count). The Balaban J connectivity index is 3.07. The Morgan fingerprint density at radius 1 is 1.43 bits per heavy atom. The number of aryl methyl sites for hydroxylation is 2. The summed E-state index contributed by atoms with van der Waals surface area (Å²) in [5.41, 5.74) is 8.88. The molecule has 0 fully saturated rings. The lowest BCUT2D eigenvalue weighted by Gasteiger charge is -2.25. The Bertz CT molecular complexity index is 541. The maximum Gasteiger partial charge on any atom is 0.244 e. The molecule has 0 aliphatic heterocycles. The molecule has 0 aromatic carbocycles. The van der Waals surface area contributed by atoms with Gasteiger partial charge < -0.3 is 16.0 Å². The molecule has 1 amide bonds. The molecule has 21 heavy (non-hydrogen) atoms. The van der Waals surface area contributed by atoms with Crippen LogP contribution in [0.4, 0.5) is 5.69 Å². The third-order valence-corrected chi connectivity index (χ3v) is 3.60. The van der Waals surface area contributed by atoms with Crippen molar-refractivity contribution in [1.29, 1.82) is 0 Å². The Morgan fingerprint density at radius 2 is 2.00 bits per heavy atom. The van der Waals surface area contributed by atoms with Gasteiger partial charge in [-0.1, -0.05) is 12.2 Å². The number of likely N-dealkylation sites (N-methyl/N-ethyl adjacent to an activating group) is 1. The molecule has 3 N–H and O–H groups in total. The van der Waals surface area contributed by atoms with Crippen molar-refractivity contribution in [3.8, 4) is 0 Å². The minimum absolute atomic E-state index is 0.0565. The van der Waals surface area contributed by atoms with Crippen LogP contribution in [0.5, 0.6) is 0 Å². The Morgan fingerprint density at radius 3 is 2.48 bits per heavy atom. The van der Waals surface area contributed by atoms with Gasteiger partial charge in [0.2, 0.25) is 5.91 Å². The van der Waals surface area contributed by atoms with Crippen LogP contribution in [0.25, 0.3) is 0 Å². The zero-order valence-corrected chi connectivity index (χ0v) is 14.2. The fourth-order valence-electron chi connectivity index (χ4n) is 2.36. The first-order valence-corrected chi connectivity index (χ1v) is 7.55. The van der Waals surface area contributed by atoms with Crippen LogP contribution in [0.3, 0.4) is 0 Å². The van der Waals surface area contributed by atoms with E-state index < -0.39 is 0 Å². The summed E-state index contributed by atoms with van der Waals surface area (Å²) in [4.78, 5) is 18.8. The molecule has 116 valence electrons. The number of nitrogens with one attached hydrogen (secondary N) is 1. The molecule has 0 bridgehead atoms. The van der Waals surface area contributed by atoms with E-state index in [4.69, 9.17) is 18.0 Å². The van der Waals surface area contributed by atoms with E-state index in [1.807, 2.05) is 40.7 Å². The highest BCUT2D eigenvalue weighted by Crippen LogP contribution is 2.21. The van der Waals surface area contributed by atoms with Crippen LogP contribution in [0.15, 0.2) is 6.07 Å². The second-order valence-electron chi connectivity index (χ2n) is 5.01. The molecule has 1 heterocycles. The maximum atomic E-state index is 12.3. The molecule has 1 atom stereocenters. The largest absolute Gasteiger partial charge is 0.389 e. The van der Waals surface area contributed by atoms with Crippen LogP contribution in [0.2, 0.25) is 0 Å². The van der Waals surface area contributed by atoms with Gasteiger partial charge >= 0.3 is 0 Å². The Kier molecular flexibility index (Phi) is 6.08. The topological polar surface area (TPSA) is 71.2 Å². The summed E-state index contributed by atoms with van der Waals surface area (Å²) in [6.07, 6.45) is 0. The highest BCUT2D eigenvalue weighted by Gasteiger charge is 2.20. The van der Waals surface area contributed by atoms with Crippen molar-refractivity contribution in [3.05, 3.63) is 23.0 Å². The van der Waals surface area contributed by atoms with E-state index in [9.17, 15) is 4.79 Å². The zero-order chi connectivity index (χ0) is 16.2. The number of anilines is 1. The summed E-state index contributed by atoms with van der Waals surface area (Å²) in [6, 6.07) is 1.52. The fourth-order valence-corrected chi connectivity index (χ4v) is 2.62. The molecule has 0 saturated heterocycles. The Hall–Kier alpha value is -1.69. The van der Waals surface area contributed by atoms with Gasteiger partial charge in [0, 0.05) is 30.2 Å². The van der Waals surface area contributed by atoms with Crippen LogP contribution in [0, 0.1) is 13.8 Å². The average molecular weight is 308 g/mol. The summed E-state index contributed by atoms with van der Waals surface area (Å²) in [6.45, 7) is 10.9. The molecule has 0 spiro atoms. The molecule has 0 aliphatic rings. The highest BCUT2D eigenvalue weighted by molar-refractivity contribution is 7.80. The fraction of sp³-hybridized carbons (Fsp3) is 0.533. The number of nitrogens with zero attached hydrogens (tertiary/aromatic N) is 2. The van der Waals surface area contributed by atoms with Gasteiger partial charge in [-0.15, -0.1) is 0 Å². The number of hydrogen-bond donors (Lipinski definition) is 2. The molecule has 0 saturated carbocycles. The number of aromatic nitrogens is 1. The quantitative estimate of drug-likeness (QED) is 0.787. The molecule has 1 aromatic rings. The normalized spacial score (nSPS) is 11.9. The van der Waals surface area contributed by atoms with Gasteiger partial charge in [0.15, 0.2) is 0 Å². The number of pyridine rings is 1. The lowest BCUT2D eigenvalue weighted by molar-refractivity contribution is -0.131. The van der Waals surface area contributed by atoms with E-state index in [2.05, 4.69) is 10.3 Å². The molecule has 1 unspecified atom stereocenters. The number of hydrogen-bond acceptors (Lipinski definition) is 4. The molecule has 0 radical (unpaired) electrons. The second kappa shape index (κ2) is 7.36. The van der Waals surface area contributed by atoms with Gasteiger partial charge in [-0.2, -0.15) is 0 Å². The maximum absolute atomic E-state index is 12.3. The smallest absolute Gasteiger partial charge is 0.244 e. The predicted octanol–water partition coefficient (Wildman–Crippen LogP) is 2.00. The molecule has 6 heteroatoms. The molecular formula is C15H24N4OS. The first-order valence-electron chi connectivity index (χ1n) is 7.15. The van der Waals surface area contributed by atoms with Gasteiger partial charge in [0.1, 0.15) is 11.0 Å². The average Bonchev–Trinajstić information content (AvgIpc) is 2.38. The lowest BCUT2D eigenvalue weighted by Crippen LogP contribution is -2.41. The number of rotatable bonds is 6. The lowest BCUT2D eigenvalue weighted by atomic mass is 10.1. The first-order chi connectivity index (χ1) is 9.81. The van der Waals surface area contributed by atoms with Crippen molar-refractivity contribution in [2.24, 2.45) is 5.73 Å². The van der Waals surface area contributed by atoms with Crippen LogP contribution in [-0.4, -0.2) is 39.9 Å². The number of thiocarbonyl (C=S) groups is 1. The predicted molar refractivity (Wildman–Crippen MR) is 90.6 cm³/mol. The SMILES string of the molecule is CCN(CC)C(=O)C(C)Nc1cc(C)nc(C)c1C(N)=S.